The van der Waals surface area contributed by atoms with Crippen LogP contribution in [0.1, 0.15) is 77.1 Å². The molecule has 4 rings (SSSR count). The zero-order chi connectivity index (χ0) is 25.7. The molecule has 0 radical (unpaired) electrons. The van der Waals surface area contributed by atoms with Crippen LogP contribution in [0.15, 0.2) is 48.5 Å². The molecule has 8 nitrogen and oxygen atoms in total. The molecule has 1 N–H and O–H groups in total. The Morgan fingerprint density at radius 1 is 0.917 bits per heavy atom. The van der Waals surface area contributed by atoms with Crippen molar-refractivity contribution in [3.05, 3.63) is 59.7 Å². The molecule has 0 bridgehead atoms. The maximum absolute atomic E-state index is 11.9. The van der Waals surface area contributed by atoms with E-state index in [-0.39, 0.29) is 24.1 Å². The number of phenolic OH excluding ortho intramolecular Hbond substituents is 1. The minimum absolute atomic E-state index is 0.0177. The van der Waals surface area contributed by atoms with E-state index in [0.717, 1.165) is 36.8 Å². The monoisotopic (exact) mass is 500 g/mol. The first-order chi connectivity index (χ1) is 17.2. The zero-order valence-electron chi connectivity index (χ0n) is 21.3. The number of hydrogen-bond acceptors (Lipinski definition) is 8. The highest BCUT2D eigenvalue weighted by atomic mass is 16.7. The molecule has 36 heavy (non-hydrogen) atoms. The number of phenols is 1. The zero-order valence-corrected chi connectivity index (χ0v) is 21.3. The van der Waals surface area contributed by atoms with E-state index in [1.807, 2.05) is 24.3 Å². The number of benzene rings is 2. The molecule has 0 amide bonds. The van der Waals surface area contributed by atoms with Gasteiger partial charge in [0.25, 0.3) is 0 Å². The van der Waals surface area contributed by atoms with Gasteiger partial charge in [-0.1, -0.05) is 31.2 Å². The summed E-state index contributed by atoms with van der Waals surface area (Å²) in [6.07, 6.45) is 1.53. The molecule has 2 fully saturated rings. The van der Waals surface area contributed by atoms with E-state index >= 15 is 0 Å². The molecular weight excluding hydrogens is 464 g/mol. The van der Waals surface area contributed by atoms with Gasteiger partial charge in [0.2, 0.25) is 0 Å². The predicted octanol–water partition coefficient (Wildman–Crippen LogP) is 6.18. The van der Waals surface area contributed by atoms with Gasteiger partial charge in [-0.05, 0) is 57.9 Å². The topological polar surface area (TPSA) is 92.7 Å². The average Bonchev–Trinajstić information content (AvgIpc) is 2.83. The second kappa shape index (κ2) is 11.6. The first-order valence-electron chi connectivity index (χ1n) is 12.6. The van der Waals surface area contributed by atoms with Crippen molar-refractivity contribution in [2.45, 2.75) is 89.9 Å². The van der Waals surface area contributed by atoms with E-state index in [1.165, 1.54) is 0 Å². The van der Waals surface area contributed by atoms with Crippen molar-refractivity contribution >= 4 is 6.16 Å². The van der Waals surface area contributed by atoms with Gasteiger partial charge in [-0.25, -0.2) is 4.79 Å². The van der Waals surface area contributed by atoms with Gasteiger partial charge in [-0.3, -0.25) is 0 Å². The fourth-order valence-corrected chi connectivity index (χ4v) is 4.28. The smallest absolute Gasteiger partial charge is 0.508 e. The molecule has 2 aromatic rings. The summed E-state index contributed by atoms with van der Waals surface area (Å²) >= 11 is 0. The molecule has 5 unspecified atom stereocenters. The van der Waals surface area contributed by atoms with Crippen LogP contribution in [0.5, 0.6) is 11.5 Å². The Balaban J connectivity index is 1.34. The SMILES string of the molecule is CCC1CC(CC2CCOC(c3ccc(OC(=O)OC(C)(C)C)cc3)O2)OC(c2ccc(O)cc2)O1. The van der Waals surface area contributed by atoms with Crippen molar-refractivity contribution in [1.82, 2.24) is 0 Å². The number of hydrogen-bond donors (Lipinski definition) is 1. The Morgan fingerprint density at radius 3 is 2.19 bits per heavy atom. The first kappa shape index (κ1) is 26.4. The fraction of sp³-hybridized carbons (Fsp3) is 0.536. The van der Waals surface area contributed by atoms with E-state index in [0.29, 0.717) is 12.4 Å². The highest BCUT2D eigenvalue weighted by Crippen LogP contribution is 2.36. The molecule has 2 aliphatic heterocycles. The van der Waals surface area contributed by atoms with Gasteiger partial charge in [-0.2, -0.15) is 0 Å². The van der Waals surface area contributed by atoms with Crippen LogP contribution in [0.4, 0.5) is 4.79 Å². The second-order valence-corrected chi connectivity index (χ2v) is 10.2. The summed E-state index contributed by atoms with van der Waals surface area (Å²) in [5.41, 5.74) is 1.11. The van der Waals surface area contributed by atoms with Gasteiger partial charge in [0.05, 0.1) is 24.9 Å². The van der Waals surface area contributed by atoms with Crippen molar-refractivity contribution in [3.8, 4) is 11.5 Å². The maximum Gasteiger partial charge on any atom is 0.514 e. The molecule has 2 aliphatic rings. The van der Waals surface area contributed by atoms with Crippen LogP contribution in [-0.2, 0) is 23.7 Å². The summed E-state index contributed by atoms with van der Waals surface area (Å²) in [6.45, 7) is 8.04. The number of carbonyl (C=O) groups is 1. The lowest BCUT2D eigenvalue weighted by atomic mass is 9.99. The van der Waals surface area contributed by atoms with Gasteiger partial charge in [0.15, 0.2) is 12.6 Å². The quantitative estimate of drug-likeness (QED) is 0.371. The van der Waals surface area contributed by atoms with Crippen molar-refractivity contribution in [2.75, 3.05) is 6.61 Å². The molecule has 8 heteroatoms. The van der Waals surface area contributed by atoms with Gasteiger partial charge < -0.3 is 33.5 Å². The summed E-state index contributed by atoms with van der Waals surface area (Å²) in [6, 6.07) is 14.0. The van der Waals surface area contributed by atoms with Crippen LogP contribution in [0.3, 0.4) is 0 Å². The minimum Gasteiger partial charge on any atom is -0.508 e. The van der Waals surface area contributed by atoms with E-state index in [4.69, 9.17) is 28.4 Å². The van der Waals surface area contributed by atoms with E-state index in [9.17, 15) is 9.90 Å². The molecule has 2 aromatic carbocycles. The third-order valence-corrected chi connectivity index (χ3v) is 6.07. The average molecular weight is 501 g/mol. The summed E-state index contributed by atoms with van der Waals surface area (Å²) in [7, 11) is 0. The van der Waals surface area contributed by atoms with Gasteiger partial charge in [0.1, 0.15) is 17.1 Å². The van der Waals surface area contributed by atoms with Gasteiger partial charge >= 0.3 is 6.16 Å². The number of aromatic hydroxyl groups is 1. The summed E-state index contributed by atoms with van der Waals surface area (Å²) < 4.78 is 35.0. The summed E-state index contributed by atoms with van der Waals surface area (Å²) in [4.78, 5) is 11.9. The van der Waals surface area contributed by atoms with Crippen LogP contribution in [-0.4, -0.2) is 41.8 Å². The second-order valence-electron chi connectivity index (χ2n) is 10.2. The largest absolute Gasteiger partial charge is 0.514 e. The number of rotatable bonds is 6. The van der Waals surface area contributed by atoms with Crippen LogP contribution in [0.2, 0.25) is 0 Å². The van der Waals surface area contributed by atoms with Crippen molar-refractivity contribution in [2.24, 2.45) is 0 Å². The summed E-state index contributed by atoms with van der Waals surface area (Å²) in [5, 5.41) is 9.60. The number of ether oxygens (including phenoxy) is 6. The molecule has 0 saturated carbocycles. The third-order valence-electron chi connectivity index (χ3n) is 6.07. The predicted molar refractivity (Wildman–Crippen MR) is 132 cm³/mol. The van der Waals surface area contributed by atoms with E-state index < -0.39 is 24.3 Å². The van der Waals surface area contributed by atoms with Crippen LogP contribution >= 0.6 is 0 Å². The highest BCUT2D eigenvalue weighted by molar-refractivity contribution is 5.64. The summed E-state index contributed by atoms with van der Waals surface area (Å²) in [5.74, 6) is 0.603. The van der Waals surface area contributed by atoms with Crippen LogP contribution < -0.4 is 4.74 Å². The Kier molecular flexibility index (Phi) is 8.51. The molecule has 2 saturated heterocycles. The fourth-order valence-electron chi connectivity index (χ4n) is 4.28. The molecule has 0 spiro atoms. The minimum atomic E-state index is -0.743. The van der Waals surface area contributed by atoms with Crippen molar-refractivity contribution in [3.63, 3.8) is 0 Å². The molecule has 196 valence electrons. The third kappa shape index (κ3) is 7.43. The Morgan fingerprint density at radius 2 is 1.53 bits per heavy atom. The van der Waals surface area contributed by atoms with Crippen LogP contribution in [0, 0.1) is 0 Å². The highest BCUT2D eigenvalue weighted by Gasteiger charge is 2.34. The lowest BCUT2D eigenvalue weighted by molar-refractivity contribution is -0.267. The van der Waals surface area contributed by atoms with Crippen molar-refractivity contribution in [1.29, 1.82) is 0 Å². The van der Waals surface area contributed by atoms with Gasteiger partial charge in [-0.15, -0.1) is 0 Å². The van der Waals surface area contributed by atoms with E-state index in [2.05, 4.69) is 6.92 Å². The Hall–Kier alpha value is -2.65. The lowest BCUT2D eigenvalue weighted by Crippen LogP contribution is -2.37. The molecule has 5 atom stereocenters. The van der Waals surface area contributed by atoms with Crippen LogP contribution in [0.25, 0.3) is 0 Å². The first-order valence-corrected chi connectivity index (χ1v) is 12.6. The normalized spacial score (nSPS) is 26.8. The number of carbonyl (C=O) groups excluding carboxylic acids is 1. The maximum atomic E-state index is 11.9. The Bertz CT molecular complexity index is 982. The lowest BCUT2D eigenvalue weighted by Gasteiger charge is -2.38. The molecule has 0 aliphatic carbocycles. The van der Waals surface area contributed by atoms with Gasteiger partial charge in [0, 0.05) is 24.0 Å². The van der Waals surface area contributed by atoms with E-state index in [1.54, 1.807) is 45.0 Å². The molecular formula is C28H36O8. The standard InChI is InChI=1S/C28H36O8/c1-5-21-16-24(34-26(32-21)19-6-10-20(29)11-7-19)17-23-14-15-31-25(33-23)18-8-12-22(13-9-18)35-27(30)36-28(2,3)4/h6-13,21,23-26,29H,5,14-17H2,1-4H3. The molecule has 2 heterocycles. The Labute approximate surface area is 212 Å². The van der Waals surface area contributed by atoms with Crippen molar-refractivity contribution < 1.29 is 38.3 Å². The molecule has 0 aromatic heterocycles.